The third-order valence-electron chi connectivity index (χ3n) is 1.81. The molecule has 22 heavy (non-hydrogen) atoms. The number of anilines is 2. The SMILES string of the molecule is Cc1nc2cc(N)c(N)cc2[nH]1.[O-][Cl+3]([O-])([O-])O.[O-][Cl+3]([O-])([O-])O. The summed E-state index contributed by atoms with van der Waals surface area (Å²) >= 11 is 0. The predicted octanol–water partition coefficient (Wildman–Crippen LogP) is -7.21. The lowest BCUT2D eigenvalue weighted by atomic mass is 10.2. The number of aromatic nitrogens is 2. The third-order valence-corrected chi connectivity index (χ3v) is 1.81. The fraction of sp³-hybridized carbons (Fsp3) is 0.125. The van der Waals surface area contributed by atoms with E-state index in [9.17, 15) is 0 Å². The van der Waals surface area contributed by atoms with Gasteiger partial charge in [-0.2, -0.15) is 28.0 Å². The van der Waals surface area contributed by atoms with Crippen LogP contribution in [0.4, 0.5) is 11.4 Å². The summed E-state index contributed by atoms with van der Waals surface area (Å²) in [5.74, 6) is 0.870. The van der Waals surface area contributed by atoms with Gasteiger partial charge in [-0.05, 0) is 19.1 Å². The molecule has 0 radical (unpaired) electrons. The highest BCUT2D eigenvalue weighted by Gasteiger charge is 2.02. The summed E-state index contributed by atoms with van der Waals surface area (Å²) in [7, 11) is -9.39. The Bertz CT molecular complexity index is 545. The van der Waals surface area contributed by atoms with Crippen LogP contribution in [-0.4, -0.2) is 19.3 Å². The largest absolute Gasteiger partial charge is 0.397 e. The number of rotatable bonds is 0. The zero-order valence-electron chi connectivity index (χ0n) is 10.9. The summed E-state index contributed by atoms with van der Waals surface area (Å²) in [5.41, 5.74) is 14.2. The minimum absolute atomic E-state index is 0.578. The first-order chi connectivity index (χ1) is 9.66. The zero-order chi connectivity index (χ0) is 17.7. The highest BCUT2D eigenvalue weighted by molar-refractivity contribution is 5.85. The maximum atomic E-state index is 8.60. The van der Waals surface area contributed by atoms with Crippen molar-refractivity contribution in [2.24, 2.45) is 0 Å². The Kier molecular flexibility index (Phi) is 7.20. The molecule has 0 aliphatic heterocycles. The number of imidazole rings is 1. The molecular weight excluding hydrogens is 351 g/mol. The topological polar surface area (TPSA) is 260 Å². The number of nitrogens with zero attached hydrogens (tertiary/aromatic N) is 1. The quantitative estimate of drug-likeness (QED) is 0.274. The van der Waals surface area contributed by atoms with Gasteiger partial charge in [-0.3, -0.25) is 0 Å². The number of halogens is 2. The van der Waals surface area contributed by atoms with Crippen molar-refractivity contribution >= 4 is 22.4 Å². The minimum Gasteiger partial charge on any atom is -0.397 e. The lowest BCUT2D eigenvalue weighted by Crippen LogP contribution is -2.58. The molecule has 2 rings (SSSR count). The van der Waals surface area contributed by atoms with Gasteiger partial charge in [-0.15, -0.1) is 0 Å². The Labute approximate surface area is 127 Å². The van der Waals surface area contributed by atoms with Crippen molar-refractivity contribution in [1.82, 2.24) is 9.97 Å². The Morgan fingerprint density at radius 3 is 1.73 bits per heavy atom. The molecule has 12 nitrogen and oxygen atoms in total. The number of fused-ring (bicyclic) bond motifs is 1. The van der Waals surface area contributed by atoms with Gasteiger partial charge in [0.2, 0.25) is 0 Å². The van der Waals surface area contributed by atoms with E-state index in [1.54, 1.807) is 12.1 Å². The summed E-state index contributed by atoms with van der Waals surface area (Å²) < 4.78 is 65.4. The second-order valence-corrected chi connectivity index (χ2v) is 5.20. The second-order valence-electron chi connectivity index (χ2n) is 3.61. The number of hydrogen-bond acceptors (Lipinski definition) is 11. The van der Waals surface area contributed by atoms with E-state index in [0.29, 0.717) is 11.4 Å². The van der Waals surface area contributed by atoms with Crippen LogP contribution in [-0.2, 0) is 0 Å². The van der Waals surface area contributed by atoms with Crippen LogP contribution in [0, 0.1) is 27.4 Å². The van der Waals surface area contributed by atoms with Crippen molar-refractivity contribution in [2.45, 2.75) is 6.92 Å². The van der Waals surface area contributed by atoms with Crippen molar-refractivity contribution in [3.8, 4) is 0 Å². The fourth-order valence-corrected chi connectivity index (χ4v) is 1.22. The maximum Gasteiger partial charge on any atom is 0.104 e. The molecule has 0 bridgehead atoms. The van der Waals surface area contributed by atoms with Crippen molar-refractivity contribution in [3.05, 3.63) is 18.0 Å². The number of aryl methyl sites for hydroxylation is 1. The van der Waals surface area contributed by atoms with Crippen LogP contribution in [0.25, 0.3) is 11.0 Å². The van der Waals surface area contributed by atoms with E-state index in [1.165, 1.54) is 0 Å². The molecule has 2 aromatic rings. The lowest BCUT2D eigenvalue weighted by molar-refractivity contribution is -1.92. The summed E-state index contributed by atoms with van der Waals surface area (Å²) in [5, 5.41) is 0. The van der Waals surface area contributed by atoms with Crippen LogP contribution in [0.1, 0.15) is 5.82 Å². The smallest absolute Gasteiger partial charge is 0.104 e. The molecule has 7 N–H and O–H groups in total. The molecule has 14 heteroatoms. The van der Waals surface area contributed by atoms with Gasteiger partial charge in [0.25, 0.3) is 0 Å². The third kappa shape index (κ3) is 11.2. The van der Waals surface area contributed by atoms with Crippen LogP contribution in [0.2, 0.25) is 0 Å². The number of nitrogens with two attached hydrogens (primary N) is 2. The first-order valence-corrected chi connectivity index (χ1v) is 7.47. The lowest BCUT2D eigenvalue weighted by Gasteiger charge is -2.03. The molecule has 0 aliphatic rings. The van der Waals surface area contributed by atoms with Gasteiger partial charge in [-0.25, -0.2) is 4.98 Å². The molecule has 0 saturated carbocycles. The Hall–Kier alpha value is -1.45. The predicted molar refractivity (Wildman–Crippen MR) is 54.1 cm³/mol. The van der Waals surface area contributed by atoms with Gasteiger partial charge in [0, 0.05) is 0 Å². The van der Waals surface area contributed by atoms with E-state index >= 15 is 0 Å². The van der Waals surface area contributed by atoms with E-state index in [1.807, 2.05) is 6.92 Å². The number of H-pyrrole nitrogens is 1. The van der Waals surface area contributed by atoms with E-state index in [2.05, 4.69) is 9.97 Å². The van der Waals surface area contributed by atoms with Gasteiger partial charge in [0.1, 0.15) is 5.82 Å². The van der Waals surface area contributed by atoms with Crippen LogP contribution >= 0.6 is 0 Å². The number of benzene rings is 1. The molecular formula is C8H12Cl2N4O8. The average Bonchev–Trinajstić information content (AvgIpc) is 2.53. The molecule has 126 valence electrons. The van der Waals surface area contributed by atoms with E-state index in [-0.39, 0.29) is 0 Å². The van der Waals surface area contributed by atoms with Gasteiger partial charge < -0.3 is 16.5 Å². The van der Waals surface area contributed by atoms with Gasteiger partial charge in [0.15, 0.2) is 0 Å². The Morgan fingerprint density at radius 1 is 0.955 bits per heavy atom. The van der Waals surface area contributed by atoms with E-state index in [0.717, 1.165) is 16.9 Å². The molecule has 0 aliphatic carbocycles. The van der Waals surface area contributed by atoms with Gasteiger partial charge >= 0.3 is 0 Å². The monoisotopic (exact) mass is 362 g/mol. The molecule has 0 amide bonds. The number of hydrogen-bond donors (Lipinski definition) is 5. The summed E-state index contributed by atoms with van der Waals surface area (Å²) in [6.45, 7) is 1.90. The van der Waals surface area contributed by atoms with E-state index in [4.69, 9.17) is 48.7 Å². The van der Waals surface area contributed by atoms with Crippen LogP contribution in [0.5, 0.6) is 0 Å². The molecule has 0 atom stereocenters. The molecule has 0 unspecified atom stereocenters. The molecule has 1 aromatic carbocycles. The normalized spacial score (nSPS) is 11.3. The average molecular weight is 363 g/mol. The van der Waals surface area contributed by atoms with E-state index < -0.39 is 20.5 Å². The number of nitrogens with one attached hydrogen (secondary N) is 1. The molecule has 1 aromatic heterocycles. The summed E-state index contributed by atoms with van der Waals surface area (Å²) in [6, 6.07) is 3.57. The zero-order valence-corrected chi connectivity index (χ0v) is 12.4. The minimum atomic E-state index is -4.69. The van der Waals surface area contributed by atoms with Crippen molar-refractivity contribution in [2.75, 3.05) is 11.5 Å². The standard InChI is InChI=1S/C8H10N4.2ClHO4/c1-4-11-7-2-5(9)6(10)3-8(7)12-4;2*2-1(3,4)5/h2-3H,9-10H2,1H3,(H,11,12);2*(H,2,3,4,5). The molecule has 0 fully saturated rings. The molecule has 1 heterocycles. The first-order valence-electron chi connectivity index (χ1n) is 4.94. The van der Waals surface area contributed by atoms with Crippen LogP contribution < -0.4 is 39.4 Å². The first kappa shape index (κ1) is 20.6. The van der Waals surface area contributed by atoms with Crippen molar-refractivity contribution in [3.63, 3.8) is 0 Å². The van der Waals surface area contributed by atoms with Crippen LogP contribution in [0.15, 0.2) is 12.1 Å². The highest BCUT2D eigenvalue weighted by Crippen LogP contribution is 2.21. The summed E-state index contributed by atoms with van der Waals surface area (Å²) in [6.07, 6.45) is 0. The number of aromatic amines is 1. The molecule has 0 spiro atoms. The second kappa shape index (κ2) is 7.70. The maximum absolute atomic E-state index is 8.60. The van der Waals surface area contributed by atoms with Crippen LogP contribution in [0.3, 0.4) is 0 Å². The van der Waals surface area contributed by atoms with Gasteiger partial charge in [-0.1, -0.05) is 0 Å². The van der Waals surface area contributed by atoms with Gasteiger partial charge in [0.05, 0.1) is 52.2 Å². The highest BCUT2D eigenvalue weighted by atomic mass is 35.7. The van der Waals surface area contributed by atoms with Crippen molar-refractivity contribution < 1.29 is 57.8 Å². The molecule has 0 saturated heterocycles. The summed E-state index contributed by atoms with van der Waals surface area (Å²) in [4.78, 5) is 7.30. The van der Waals surface area contributed by atoms with Crippen molar-refractivity contribution in [1.29, 1.82) is 0 Å². The Morgan fingerprint density at radius 2 is 1.32 bits per heavy atom. The number of nitrogen functional groups attached to an aromatic ring is 2. The Balaban J connectivity index is 0.000000372. The fourth-order valence-electron chi connectivity index (χ4n) is 1.22.